The van der Waals surface area contributed by atoms with Gasteiger partial charge in [0, 0.05) is 33.3 Å². The Balaban J connectivity index is 1.62. The van der Waals surface area contributed by atoms with E-state index in [0.29, 0.717) is 16.3 Å². The Labute approximate surface area is 178 Å². The molecule has 1 heterocycles. The van der Waals surface area contributed by atoms with Gasteiger partial charge in [-0.05, 0) is 29.8 Å². The number of rotatable bonds is 8. The van der Waals surface area contributed by atoms with Gasteiger partial charge in [-0.2, -0.15) is 0 Å². The lowest BCUT2D eigenvalue weighted by Gasteiger charge is -2.06. The van der Waals surface area contributed by atoms with E-state index in [-0.39, 0.29) is 18.2 Å². The number of benzene rings is 2. The minimum absolute atomic E-state index is 0.139. The van der Waals surface area contributed by atoms with Crippen LogP contribution in [0.25, 0.3) is 16.2 Å². The highest BCUT2D eigenvalue weighted by Gasteiger charge is 2.10. The molecule has 0 spiro atoms. The molecule has 0 unspecified atom stereocenters. The van der Waals surface area contributed by atoms with E-state index in [0.717, 1.165) is 15.0 Å². The third kappa shape index (κ3) is 5.77. The van der Waals surface area contributed by atoms with E-state index in [9.17, 15) is 13.2 Å². The second kappa shape index (κ2) is 9.37. The summed E-state index contributed by atoms with van der Waals surface area (Å²) in [5.41, 5.74) is 1.19. The molecule has 0 atom stereocenters. The average Bonchev–Trinajstić information content (AvgIpc) is 3.02. The second-order valence-corrected chi connectivity index (χ2v) is 9.46. The lowest BCUT2D eigenvalue weighted by Crippen LogP contribution is -2.25. The average molecular weight is 447 g/mol. The topological polar surface area (TPSA) is 75.3 Å². The fourth-order valence-corrected chi connectivity index (χ4v) is 5.12. The van der Waals surface area contributed by atoms with Gasteiger partial charge in [-0.3, -0.25) is 4.79 Å². The molecule has 0 saturated heterocycles. The number of hydrogen-bond acceptors (Lipinski definition) is 4. The Bertz CT molecular complexity index is 1170. The number of carbonyl (C=O) groups excluding carboxylic acids is 1. The van der Waals surface area contributed by atoms with Crippen molar-refractivity contribution in [3.8, 4) is 0 Å². The molecule has 0 aliphatic heterocycles. The Kier molecular flexibility index (Phi) is 6.87. The van der Waals surface area contributed by atoms with Gasteiger partial charge in [0.25, 0.3) is 0 Å². The zero-order valence-electron chi connectivity index (χ0n) is 15.4. The molecule has 0 bridgehead atoms. The van der Waals surface area contributed by atoms with Crippen LogP contribution in [0.4, 0.5) is 5.69 Å². The number of carbonyl (C=O) groups is 1. The molecule has 3 rings (SSSR count). The Morgan fingerprint density at radius 1 is 1.14 bits per heavy atom. The molecule has 1 amide bonds. The van der Waals surface area contributed by atoms with E-state index in [1.807, 2.05) is 24.3 Å². The van der Waals surface area contributed by atoms with E-state index >= 15 is 0 Å². The van der Waals surface area contributed by atoms with Crippen molar-refractivity contribution in [3.05, 3.63) is 82.7 Å². The maximum Gasteiger partial charge on any atom is 0.248 e. The quantitative estimate of drug-likeness (QED) is 0.385. The Morgan fingerprint density at radius 3 is 2.55 bits per heavy atom. The van der Waals surface area contributed by atoms with Crippen LogP contribution >= 0.6 is 22.9 Å². The van der Waals surface area contributed by atoms with Crippen molar-refractivity contribution in [2.24, 2.45) is 0 Å². The van der Waals surface area contributed by atoms with E-state index in [1.54, 1.807) is 30.3 Å². The second-order valence-electron chi connectivity index (χ2n) is 6.19. The number of thiophene rings is 1. The zero-order valence-corrected chi connectivity index (χ0v) is 17.8. The van der Waals surface area contributed by atoms with Crippen LogP contribution in [0, 0.1) is 0 Å². The monoisotopic (exact) mass is 446 g/mol. The van der Waals surface area contributed by atoms with Crippen LogP contribution in [0.3, 0.4) is 0 Å². The largest absolute Gasteiger partial charge is 0.323 e. The van der Waals surface area contributed by atoms with Crippen LogP contribution in [0.5, 0.6) is 0 Å². The smallest absolute Gasteiger partial charge is 0.248 e. The highest BCUT2D eigenvalue weighted by molar-refractivity contribution is 7.88. The molecule has 8 heteroatoms. The standard InChI is InChI=1S/C21H19ClN2O3S2/c1-2-13-23-29(26,27)14-15-7-9-16(10-8-15)24-20(25)12-11-19-21(22)17-5-3-4-6-18(17)28-19/h2-12,23H,1,13-14H2,(H,24,25)/b12-11+. The lowest BCUT2D eigenvalue weighted by atomic mass is 10.2. The molecule has 0 saturated carbocycles. The van der Waals surface area contributed by atoms with Crippen molar-refractivity contribution in [1.29, 1.82) is 0 Å². The van der Waals surface area contributed by atoms with Gasteiger partial charge < -0.3 is 5.32 Å². The molecule has 3 aromatic rings. The fraction of sp³-hybridized carbons (Fsp3) is 0.0952. The van der Waals surface area contributed by atoms with Crippen LogP contribution in [-0.2, 0) is 20.6 Å². The molecule has 2 N–H and O–H groups in total. The number of anilines is 1. The van der Waals surface area contributed by atoms with Crippen molar-refractivity contribution in [1.82, 2.24) is 4.72 Å². The summed E-state index contributed by atoms with van der Waals surface area (Å²) in [5.74, 6) is -0.439. The van der Waals surface area contributed by atoms with Crippen molar-refractivity contribution in [2.45, 2.75) is 5.75 Å². The van der Waals surface area contributed by atoms with Crippen LogP contribution in [0.15, 0.2) is 67.3 Å². The number of amides is 1. The Hall–Kier alpha value is -2.45. The summed E-state index contributed by atoms with van der Waals surface area (Å²) in [6.07, 6.45) is 4.60. The van der Waals surface area contributed by atoms with E-state index in [4.69, 9.17) is 11.6 Å². The molecule has 0 aliphatic carbocycles. The predicted molar refractivity (Wildman–Crippen MR) is 122 cm³/mol. The van der Waals surface area contributed by atoms with E-state index in [1.165, 1.54) is 23.5 Å². The van der Waals surface area contributed by atoms with Gasteiger partial charge in [-0.15, -0.1) is 17.9 Å². The number of halogens is 1. The van der Waals surface area contributed by atoms with Crippen LogP contribution in [0.2, 0.25) is 5.02 Å². The van der Waals surface area contributed by atoms with Gasteiger partial charge in [0.05, 0.1) is 10.8 Å². The maximum atomic E-state index is 12.2. The highest BCUT2D eigenvalue weighted by Crippen LogP contribution is 2.35. The minimum Gasteiger partial charge on any atom is -0.323 e. The van der Waals surface area contributed by atoms with E-state index < -0.39 is 10.0 Å². The van der Waals surface area contributed by atoms with Crippen LogP contribution < -0.4 is 10.0 Å². The van der Waals surface area contributed by atoms with Gasteiger partial charge in [0.1, 0.15) is 0 Å². The first-order valence-electron chi connectivity index (χ1n) is 8.71. The SMILES string of the molecule is C=CCNS(=O)(=O)Cc1ccc(NC(=O)/C=C/c2sc3ccccc3c2Cl)cc1. The molecular formula is C21H19ClN2O3S2. The summed E-state index contributed by atoms with van der Waals surface area (Å²) in [6, 6.07) is 14.4. The summed E-state index contributed by atoms with van der Waals surface area (Å²) in [4.78, 5) is 13.0. The first kappa shape index (κ1) is 21.3. The summed E-state index contributed by atoms with van der Waals surface area (Å²) in [6.45, 7) is 3.67. The highest BCUT2D eigenvalue weighted by atomic mass is 35.5. The summed E-state index contributed by atoms with van der Waals surface area (Å²) in [5, 5.41) is 4.34. The Morgan fingerprint density at radius 2 is 1.86 bits per heavy atom. The number of hydrogen-bond donors (Lipinski definition) is 2. The van der Waals surface area contributed by atoms with Gasteiger partial charge in [-0.1, -0.05) is 48.0 Å². The summed E-state index contributed by atoms with van der Waals surface area (Å²) < 4.78 is 27.2. The molecule has 0 radical (unpaired) electrons. The normalized spacial score (nSPS) is 11.8. The predicted octanol–water partition coefficient (Wildman–Crippen LogP) is 4.81. The van der Waals surface area contributed by atoms with E-state index in [2.05, 4.69) is 16.6 Å². The molecular weight excluding hydrogens is 428 g/mol. The fourth-order valence-electron chi connectivity index (χ4n) is 2.62. The molecule has 29 heavy (non-hydrogen) atoms. The molecule has 150 valence electrons. The van der Waals surface area contributed by atoms with Crippen molar-refractivity contribution >= 4 is 60.7 Å². The van der Waals surface area contributed by atoms with Crippen LogP contribution in [-0.4, -0.2) is 20.9 Å². The molecule has 0 aliphatic rings. The molecule has 1 aromatic heterocycles. The van der Waals surface area contributed by atoms with Crippen molar-refractivity contribution in [2.75, 3.05) is 11.9 Å². The number of nitrogens with one attached hydrogen (secondary N) is 2. The first-order chi connectivity index (χ1) is 13.9. The van der Waals surface area contributed by atoms with Gasteiger partial charge in [0.2, 0.25) is 15.9 Å². The minimum atomic E-state index is -3.42. The lowest BCUT2D eigenvalue weighted by molar-refractivity contribution is -0.111. The first-order valence-corrected chi connectivity index (χ1v) is 11.6. The number of fused-ring (bicyclic) bond motifs is 1. The number of sulfonamides is 1. The third-order valence-corrected chi connectivity index (χ3v) is 6.95. The summed E-state index contributed by atoms with van der Waals surface area (Å²) >= 11 is 7.89. The molecule has 5 nitrogen and oxygen atoms in total. The molecule has 2 aromatic carbocycles. The van der Waals surface area contributed by atoms with Gasteiger partial charge >= 0.3 is 0 Å². The third-order valence-electron chi connectivity index (χ3n) is 3.97. The van der Waals surface area contributed by atoms with Gasteiger partial charge in [0.15, 0.2) is 0 Å². The van der Waals surface area contributed by atoms with Gasteiger partial charge in [-0.25, -0.2) is 13.1 Å². The molecule has 0 fully saturated rings. The maximum absolute atomic E-state index is 12.2. The van der Waals surface area contributed by atoms with Crippen molar-refractivity contribution < 1.29 is 13.2 Å². The summed E-state index contributed by atoms with van der Waals surface area (Å²) in [7, 11) is -3.42. The van der Waals surface area contributed by atoms with Crippen LogP contribution in [0.1, 0.15) is 10.4 Å². The van der Waals surface area contributed by atoms with Crippen molar-refractivity contribution in [3.63, 3.8) is 0 Å². The zero-order chi connectivity index (χ0) is 20.9.